The third-order valence-electron chi connectivity index (χ3n) is 3.96. The van der Waals surface area contributed by atoms with E-state index in [1.807, 2.05) is 23.3 Å². The summed E-state index contributed by atoms with van der Waals surface area (Å²) in [5.41, 5.74) is 0.128. The monoisotopic (exact) mass is 332 g/mol. The van der Waals surface area contributed by atoms with E-state index in [-0.39, 0.29) is 12.5 Å². The van der Waals surface area contributed by atoms with E-state index in [1.165, 1.54) is 11.3 Å². The molecule has 2 aromatic rings. The number of amides is 1. The smallest absolute Gasteiger partial charge is 0.261 e. The number of β-amino-alcohol motifs (C(OH)–C–C–N with tert-alkyl or cyclic N) is 1. The number of aliphatic hydroxyl groups is 1. The van der Waals surface area contributed by atoms with Gasteiger partial charge in [0, 0.05) is 32.0 Å². The van der Waals surface area contributed by atoms with E-state index < -0.39 is 5.60 Å². The van der Waals surface area contributed by atoms with Crippen LogP contribution in [0.2, 0.25) is 0 Å². The molecule has 2 N–H and O–H groups in total. The largest absolute Gasteiger partial charge is 0.386 e. The fourth-order valence-corrected chi connectivity index (χ4v) is 3.60. The number of hydrogen-bond acceptors (Lipinski definition) is 6. The molecule has 3 heterocycles. The third-order valence-corrected chi connectivity index (χ3v) is 5.01. The van der Waals surface area contributed by atoms with Gasteiger partial charge < -0.3 is 15.3 Å². The molecule has 1 saturated heterocycles. The van der Waals surface area contributed by atoms with Gasteiger partial charge in [0.1, 0.15) is 5.82 Å². The lowest BCUT2D eigenvalue weighted by Crippen LogP contribution is -2.54. The molecule has 0 radical (unpaired) electrons. The van der Waals surface area contributed by atoms with Gasteiger partial charge in [0.2, 0.25) is 0 Å². The van der Waals surface area contributed by atoms with Crippen molar-refractivity contribution < 1.29 is 9.90 Å². The molecule has 23 heavy (non-hydrogen) atoms. The van der Waals surface area contributed by atoms with Crippen LogP contribution in [-0.2, 0) is 0 Å². The summed E-state index contributed by atoms with van der Waals surface area (Å²) in [5.74, 6) is 0.624. The first-order valence-corrected chi connectivity index (χ1v) is 8.50. The maximum Gasteiger partial charge on any atom is 0.261 e. The number of thiophene rings is 1. The first-order valence-electron chi connectivity index (χ1n) is 7.62. The molecule has 1 aliphatic rings. The molecule has 7 heteroatoms. The molecule has 3 rings (SSSR count). The van der Waals surface area contributed by atoms with Gasteiger partial charge in [0.05, 0.1) is 16.7 Å². The Labute approximate surface area is 139 Å². The Morgan fingerprint density at radius 3 is 3.09 bits per heavy atom. The lowest BCUT2D eigenvalue weighted by molar-refractivity contribution is 0.0255. The van der Waals surface area contributed by atoms with E-state index in [4.69, 9.17) is 0 Å². The molecule has 1 atom stereocenters. The standard InChI is InChI=1S/C16H20N4O2S/c1-12-7-13(23-9-12)15(21)19-10-16(22)3-2-6-20(11-16)14-8-17-4-5-18-14/h4-5,7-9,22H,2-3,6,10-11H2,1H3,(H,19,21). The summed E-state index contributed by atoms with van der Waals surface area (Å²) in [6.45, 7) is 3.47. The summed E-state index contributed by atoms with van der Waals surface area (Å²) in [7, 11) is 0. The van der Waals surface area contributed by atoms with Crippen molar-refractivity contribution in [2.75, 3.05) is 24.5 Å². The molecule has 1 unspecified atom stereocenters. The van der Waals surface area contributed by atoms with Crippen LogP contribution in [0.4, 0.5) is 5.82 Å². The van der Waals surface area contributed by atoms with Crippen molar-refractivity contribution in [2.24, 2.45) is 0 Å². The number of aryl methyl sites for hydroxylation is 1. The maximum absolute atomic E-state index is 12.1. The van der Waals surface area contributed by atoms with Gasteiger partial charge in [-0.15, -0.1) is 11.3 Å². The topological polar surface area (TPSA) is 78.4 Å². The van der Waals surface area contributed by atoms with Gasteiger partial charge in [-0.1, -0.05) is 0 Å². The van der Waals surface area contributed by atoms with E-state index in [0.29, 0.717) is 17.8 Å². The second kappa shape index (κ2) is 6.64. The van der Waals surface area contributed by atoms with Gasteiger partial charge in [0.15, 0.2) is 0 Å². The van der Waals surface area contributed by atoms with E-state index in [0.717, 1.165) is 24.3 Å². The van der Waals surface area contributed by atoms with Gasteiger partial charge in [-0.2, -0.15) is 0 Å². The number of hydrogen-bond donors (Lipinski definition) is 2. The number of piperidine rings is 1. The molecule has 2 aromatic heterocycles. The summed E-state index contributed by atoms with van der Waals surface area (Å²) in [4.78, 5) is 23.2. The first-order chi connectivity index (χ1) is 11.1. The van der Waals surface area contributed by atoms with Crippen molar-refractivity contribution >= 4 is 23.1 Å². The zero-order valence-corrected chi connectivity index (χ0v) is 13.8. The molecular formula is C16H20N4O2S. The van der Waals surface area contributed by atoms with Gasteiger partial charge >= 0.3 is 0 Å². The number of aromatic nitrogens is 2. The maximum atomic E-state index is 12.1. The second-order valence-corrected chi connectivity index (χ2v) is 6.90. The second-order valence-electron chi connectivity index (χ2n) is 5.98. The highest BCUT2D eigenvalue weighted by Gasteiger charge is 2.34. The average molecular weight is 332 g/mol. The van der Waals surface area contributed by atoms with Crippen molar-refractivity contribution in [2.45, 2.75) is 25.4 Å². The Bertz CT molecular complexity index is 676. The SMILES string of the molecule is Cc1csc(C(=O)NCC2(O)CCCN(c3cnccn3)C2)c1. The Hall–Kier alpha value is -1.99. The summed E-state index contributed by atoms with van der Waals surface area (Å²) in [5, 5.41) is 15.6. The number of nitrogens with one attached hydrogen (secondary N) is 1. The summed E-state index contributed by atoms with van der Waals surface area (Å²) in [6, 6.07) is 1.86. The van der Waals surface area contributed by atoms with Crippen LogP contribution in [0, 0.1) is 6.92 Å². The minimum atomic E-state index is -0.947. The number of rotatable bonds is 4. The number of nitrogens with zero attached hydrogens (tertiary/aromatic N) is 3. The van der Waals surface area contributed by atoms with Crippen LogP contribution in [-0.4, -0.2) is 46.2 Å². The van der Waals surface area contributed by atoms with E-state index in [9.17, 15) is 9.90 Å². The van der Waals surface area contributed by atoms with E-state index in [1.54, 1.807) is 18.6 Å². The highest BCUT2D eigenvalue weighted by Crippen LogP contribution is 2.24. The zero-order valence-electron chi connectivity index (χ0n) is 13.0. The highest BCUT2D eigenvalue weighted by molar-refractivity contribution is 7.12. The van der Waals surface area contributed by atoms with Crippen LogP contribution in [0.3, 0.4) is 0 Å². The Kier molecular flexibility index (Phi) is 4.58. The quantitative estimate of drug-likeness (QED) is 0.889. The normalized spacial score (nSPS) is 21.2. The Morgan fingerprint density at radius 2 is 2.39 bits per heavy atom. The van der Waals surface area contributed by atoms with Crippen LogP contribution in [0.15, 0.2) is 30.0 Å². The van der Waals surface area contributed by atoms with Crippen molar-refractivity contribution in [3.05, 3.63) is 40.5 Å². The minimum absolute atomic E-state index is 0.131. The molecule has 1 aliphatic heterocycles. The van der Waals surface area contributed by atoms with Gasteiger partial charge in [-0.25, -0.2) is 4.98 Å². The lowest BCUT2D eigenvalue weighted by atomic mass is 9.92. The predicted octanol–water partition coefficient (Wildman–Crippen LogP) is 1.61. The van der Waals surface area contributed by atoms with E-state index in [2.05, 4.69) is 15.3 Å². The number of anilines is 1. The summed E-state index contributed by atoms with van der Waals surface area (Å²) in [6.07, 6.45) is 6.47. The molecule has 1 fully saturated rings. The molecular weight excluding hydrogens is 312 g/mol. The summed E-state index contributed by atoms with van der Waals surface area (Å²) < 4.78 is 0. The van der Waals surface area contributed by atoms with Crippen molar-refractivity contribution in [3.63, 3.8) is 0 Å². The third kappa shape index (κ3) is 3.86. The molecule has 1 amide bonds. The first kappa shape index (κ1) is 15.9. The van der Waals surface area contributed by atoms with Gasteiger partial charge in [-0.3, -0.25) is 9.78 Å². The average Bonchev–Trinajstić information content (AvgIpc) is 3.00. The van der Waals surface area contributed by atoms with E-state index >= 15 is 0 Å². The van der Waals surface area contributed by atoms with Crippen LogP contribution in [0.1, 0.15) is 28.1 Å². The van der Waals surface area contributed by atoms with Crippen LogP contribution < -0.4 is 10.2 Å². The zero-order chi connectivity index (χ0) is 16.3. The minimum Gasteiger partial charge on any atom is -0.386 e. The molecule has 0 bridgehead atoms. The molecule has 0 aliphatic carbocycles. The van der Waals surface area contributed by atoms with Crippen molar-refractivity contribution in [1.82, 2.24) is 15.3 Å². The van der Waals surface area contributed by atoms with Crippen molar-refractivity contribution in [3.8, 4) is 0 Å². The van der Waals surface area contributed by atoms with Crippen molar-refractivity contribution in [1.29, 1.82) is 0 Å². The van der Waals surface area contributed by atoms with Gasteiger partial charge in [0.25, 0.3) is 5.91 Å². The number of carbonyl (C=O) groups is 1. The Morgan fingerprint density at radius 1 is 1.52 bits per heavy atom. The summed E-state index contributed by atoms with van der Waals surface area (Å²) >= 11 is 1.42. The molecule has 0 aromatic carbocycles. The fraction of sp³-hybridized carbons (Fsp3) is 0.438. The molecule has 0 saturated carbocycles. The fourth-order valence-electron chi connectivity index (χ4n) is 2.79. The van der Waals surface area contributed by atoms with Crippen LogP contribution in [0.5, 0.6) is 0 Å². The molecule has 122 valence electrons. The highest BCUT2D eigenvalue weighted by atomic mass is 32.1. The van der Waals surface area contributed by atoms with Crippen LogP contribution >= 0.6 is 11.3 Å². The number of carbonyl (C=O) groups excluding carboxylic acids is 1. The Balaban J connectivity index is 1.61. The predicted molar refractivity (Wildman–Crippen MR) is 89.8 cm³/mol. The van der Waals surface area contributed by atoms with Crippen LogP contribution in [0.25, 0.3) is 0 Å². The molecule has 0 spiro atoms. The van der Waals surface area contributed by atoms with Gasteiger partial charge in [-0.05, 0) is 36.8 Å². The molecule has 6 nitrogen and oxygen atoms in total. The lowest BCUT2D eigenvalue weighted by Gasteiger charge is -2.39.